The molecule has 1 aromatic heterocycles. The van der Waals surface area contributed by atoms with Crippen LogP contribution in [0.2, 0.25) is 0 Å². The Morgan fingerprint density at radius 3 is 2.94 bits per heavy atom. The van der Waals surface area contributed by atoms with Gasteiger partial charge in [-0.05, 0) is 18.6 Å². The topological polar surface area (TPSA) is 74.7 Å². The zero-order valence-corrected chi connectivity index (χ0v) is 10.2. The molecule has 0 fully saturated rings. The maximum atomic E-state index is 8.94. The maximum Gasteiger partial charge on any atom is 0.227 e. The Bertz CT molecular complexity index is 556. The molecule has 2 aromatic rings. The molecular formula is C13H14N4O. The largest absolute Gasteiger partial charge is 0.339 e. The molecule has 1 heterocycles. The Morgan fingerprint density at radius 2 is 2.22 bits per heavy atom. The average molecular weight is 242 g/mol. The van der Waals surface area contributed by atoms with Crippen molar-refractivity contribution in [1.29, 1.82) is 5.26 Å². The number of hydrogen-bond donors (Lipinski definition) is 1. The molecule has 1 N–H and O–H groups in total. The highest BCUT2D eigenvalue weighted by atomic mass is 16.5. The van der Waals surface area contributed by atoms with Gasteiger partial charge in [0.2, 0.25) is 5.89 Å². The second-order valence-corrected chi connectivity index (χ2v) is 3.93. The van der Waals surface area contributed by atoms with Crippen LogP contribution in [0.1, 0.15) is 22.8 Å². The molecule has 0 saturated carbocycles. The molecule has 18 heavy (non-hydrogen) atoms. The lowest BCUT2D eigenvalue weighted by atomic mass is 10.1. The molecule has 5 nitrogen and oxygen atoms in total. The van der Waals surface area contributed by atoms with Gasteiger partial charge in [-0.3, -0.25) is 0 Å². The molecule has 0 aliphatic heterocycles. The first kappa shape index (κ1) is 12.3. The molecule has 1 aromatic carbocycles. The smallest absolute Gasteiger partial charge is 0.227 e. The zero-order valence-electron chi connectivity index (χ0n) is 10.2. The molecule has 0 bridgehead atoms. The quantitative estimate of drug-likeness (QED) is 0.806. The fourth-order valence-corrected chi connectivity index (χ4v) is 1.64. The van der Waals surface area contributed by atoms with E-state index in [-0.39, 0.29) is 0 Å². The summed E-state index contributed by atoms with van der Waals surface area (Å²) in [6.07, 6.45) is 0.690. The van der Waals surface area contributed by atoms with Crippen LogP contribution in [-0.4, -0.2) is 16.7 Å². The molecule has 0 aliphatic rings. The van der Waals surface area contributed by atoms with Crippen molar-refractivity contribution in [1.82, 2.24) is 15.5 Å². The highest BCUT2D eigenvalue weighted by molar-refractivity contribution is 5.37. The summed E-state index contributed by atoms with van der Waals surface area (Å²) in [5.74, 6) is 1.29. The van der Waals surface area contributed by atoms with E-state index in [0.29, 0.717) is 30.2 Å². The Kier molecular flexibility index (Phi) is 4.05. The van der Waals surface area contributed by atoms with Crippen LogP contribution in [0.4, 0.5) is 0 Å². The van der Waals surface area contributed by atoms with Crippen molar-refractivity contribution >= 4 is 0 Å². The lowest BCUT2D eigenvalue weighted by Crippen LogP contribution is -2.17. The fraction of sp³-hybridized carbons (Fsp3) is 0.308. The standard InChI is InChI=1S/C13H14N4O/c1-10-16-13(18-17-10)6-7-15-9-12-5-3-2-4-11(12)8-14/h2-5,15H,6-7,9H2,1H3. The van der Waals surface area contributed by atoms with Gasteiger partial charge in [-0.25, -0.2) is 0 Å². The third-order valence-corrected chi connectivity index (χ3v) is 2.54. The summed E-state index contributed by atoms with van der Waals surface area (Å²) in [4.78, 5) is 4.12. The maximum absolute atomic E-state index is 8.94. The monoisotopic (exact) mass is 242 g/mol. The normalized spacial score (nSPS) is 10.2. The van der Waals surface area contributed by atoms with Crippen molar-refractivity contribution in [3.63, 3.8) is 0 Å². The number of benzene rings is 1. The van der Waals surface area contributed by atoms with Crippen LogP contribution in [0.5, 0.6) is 0 Å². The van der Waals surface area contributed by atoms with E-state index in [9.17, 15) is 0 Å². The fourth-order valence-electron chi connectivity index (χ4n) is 1.64. The molecule has 0 saturated heterocycles. The van der Waals surface area contributed by atoms with E-state index in [4.69, 9.17) is 9.78 Å². The summed E-state index contributed by atoms with van der Waals surface area (Å²) in [6.45, 7) is 3.20. The van der Waals surface area contributed by atoms with Crippen molar-refractivity contribution in [2.24, 2.45) is 0 Å². The molecule has 2 rings (SSSR count). The number of aryl methyl sites for hydroxylation is 1. The van der Waals surface area contributed by atoms with Crippen molar-refractivity contribution in [3.8, 4) is 6.07 Å². The summed E-state index contributed by atoms with van der Waals surface area (Å²) in [5, 5.41) is 15.9. The number of hydrogen-bond acceptors (Lipinski definition) is 5. The number of aromatic nitrogens is 2. The van der Waals surface area contributed by atoms with Crippen LogP contribution in [0.25, 0.3) is 0 Å². The van der Waals surface area contributed by atoms with Gasteiger partial charge in [-0.2, -0.15) is 10.2 Å². The molecule has 0 unspecified atom stereocenters. The SMILES string of the molecule is Cc1noc(CCNCc2ccccc2C#N)n1. The van der Waals surface area contributed by atoms with Gasteiger partial charge >= 0.3 is 0 Å². The van der Waals surface area contributed by atoms with Crippen LogP contribution in [0.15, 0.2) is 28.8 Å². The van der Waals surface area contributed by atoms with E-state index in [1.54, 1.807) is 6.92 Å². The third kappa shape index (κ3) is 3.15. The number of rotatable bonds is 5. The summed E-state index contributed by atoms with van der Waals surface area (Å²) in [7, 11) is 0. The number of nitrogens with one attached hydrogen (secondary N) is 1. The number of nitrogens with zero attached hydrogens (tertiary/aromatic N) is 3. The lowest BCUT2D eigenvalue weighted by molar-refractivity contribution is 0.372. The summed E-state index contributed by atoms with van der Waals surface area (Å²) in [5.41, 5.74) is 1.71. The zero-order chi connectivity index (χ0) is 12.8. The van der Waals surface area contributed by atoms with Gasteiger partial charge in [0, 0.05) is 19.5 Å². The minimum Gasteiger partial charge on any atom is -0.339 e. The van der Waals surface area contributed by atoms with Gasteiger partial charge in [0.25, 0.3) is 0 Å². The van der Waals surface area contributed by atoms with Gasteiger partial charge in [0.15, 0.2) is 5.82 Å². The van der Waals surface area contributed by atoms with E-state index in [0.717, 1.165) is 12.1 Å². The third-order valence-electron chi connectivity index (χ3n) is 2.54. The first-order valence-corrected chi connectivity index (χ1v) is 5.77. The van der Waals surface area contributed by atoms with E-state index in [1.807, 2.05) is 24.3 Å². The van der Waals surface area contributed by atoms with E-state index < -0.39 is 0 Å². The molecule has 0 aliphatic carbocycles. The van der Waals surface area contributed by atoms with E-state index in [2.05, 4.69) is 21.5 Å². The second-order valence-electron chi connectivity index (χ2n) is 3.93. The summed E-state index contributed by atoms with van der Waals surface area (Å²) >= 11 is 0. The van der Waals surface area contributed by atoms with E-state index in [1.165, 1.54) is 0 Å². The second kappa shape index (κ2) is 5.94. The average Bonchev–Trinajstić information content (AvgIpc) is 2.81. The Labute approximate surface area is 105 Å². The van der Waals surface area contributed by atoms with Crippen molar-refractivity contribution < 1.29 is 4.52 Å². The first-order chi connectivity index (χ1) is 8.79. The van der Waals surface area contributed by atoms with Gasteiger partial charge < -0.3 is 9.84 Å². The van der Waals surface area contributed by atoms with Crippen molar-refractivity contribution in [2.75, 3.05) is 6.54 Å². The molecule has 0 radical (unpaired) electrons. The summed E-state index contributed by atoms with van der Waals surface area (Å²) < 4.78 is 5.01. The lowest BCUT2D eigenvalue weighted by Gasteiger charge is -2.04. The molecule has 5 heteroatoms. The van der Waals surface area contributed by atoms with Crippen molar-refractivity contribution in [3.05, 3.63) is 47.1 Å². The Hall–Kier alpha value is -2.19. The minimum absolute atomic E-state index is 0.633. The predicted octanol–water partition coefficient (Wildman–Crippen LogP) is 1.58. The van der Waals surface area contributed by atoms with Gasteiger partial charge in [0.1, 0.15) is 0 Å². The highest BCUT2D eigenvalue weighted by Gasteiger charge is 2.03. The molecule has 92 valence electrons. The Balaban J connectivity index is 1.80. The van der Waals surface area contributed by atoms with Gasteiger partial charge in [0.05, 0.1) is 11.6 Å². The number of nitriles is 1. The van der Waals surface area contributed by atoms with E-state index >= 15 is 0 Å². The van der Waals surface area contributed by atoms with Gasteiger partial charge in [-0.15, -0.1) is 0 Å². The van der Waals surface area contributed by atoms with Crippen LogP contribution in [0.3, 0.4) is 0 Å². The minimum atomic E-state index is 0.633. The Morgan fingerprint density at radius 1 is 1.39 bits per heavy atom. The molecule has 0 atom stereocenters. The molecular weight excluding hydrogens is 228 g/mol. The first-order valence-electron chi connectivity index (χ1n) is 5.77. The van der Waals surface area contributed by atoms with Crippen molar-refractivity contribution in [2.45, 2.75) is 19.9 Å². The van der Waals surface area contributed by atoms with Crippen LogP contribution < -0.4 is 5.32 Å². The predicted molar refractivity (Wildman–Crippen MR) is 65.6 cm³/mol. The van der Waals surface area contributed by atoms with Crippen LogP contribution in [0, 0.1) is 18.3 Å². The molecule has 0 spiro atoms. The molecule has 0 amide bonds. The highest BCUT2D eigenvalue weighted by Crippen LogP contribution is 2.06. The van der Waals surface area contributed by atoms with Crippen LogP contribution >= 0.6 is 0 Å². The van der Waals surface area contributed by atoms with Crippen LogP contribution in [-0.2, 0) is 13.0 Å². The summed E-state index contributed by atoms with van der Waals surface area (Å²) in [6, 6.07) is 9.74. The van der Waals surface area contributed by atoms with Gasteiger partial charge in [-0.1, -0.05) is 23.4 Å².